The predicted octanol–water partition coefficient (Wildman–Crippen LogP) is 0.470. The lowest BCUT2D eigenvalue weighted by Gasteiger charge is -2.09. The topological polar surface area (TPSA) is 90.0 Å². The van der Waals surface area contributed by atoms with E-state index in [1.54, 1.807) is 10.9 Å². The second kappa shape index (κ2) is 3.49. The molecule has 0 aromatic carbocycles. The molecular weight excluding hydrogens is 216 g/mol. The van der Waals surface area contributed by atoms with Gasteiger partial charge in [-0.1, -0.05) is 0 Å². The van der Waals surface area contributed by atoms with E-state index in [9.17, 15) is 8.42 Å². The van der Waals surface area contributed by atoms with Gasteiger partial charge in [-0.3, -0.25) is 9.40 Å². The Labute approximate surface area is 88.6 Å². The van der Waals surface area contributed by atoms with E-state index in [0.717, 1.165) is 0 Å². The molecule has 1 aromatic heterocycles. The van der Waals surface area contributed by atoms with E-state index < -0.39 is 10.2 Å². The van der Waals surface area contributed by atoms with Crippen molar-refractivity contribution in [3.8, 4) is 0 Å². The average molecular weight is 230 g/mol. The fourth-order valence-electron chi connectivity index (χ4n) is 1.57. The SMILES string of the molecule is CC(C1CC1)n1cc(NS(N)(=O)=O)cn1. The van der Waals surface area contributed by atoms with Gasteiger partial charge in [0.05, 0.1) is 17.9 Å². The molecular formula is C8H14N4O2S. The standard InChI is InChI=1S/C8H14N4O2S/c1-6(7-2-3-7)12-5-8(4-10-12)11-15(9,13)14/h4-7,11H,2-3H2,1H3,(H2,9,13,14). The van der Waals surface area contributed by atoms with Gasteiger partial charge in [-0.05, 0) is 25.7 Å². The Morgan fingerprint density at radius 3 is 2.87 bits per heavy atom. The highest BCUT2D eigenvalue weighted by Gasteiger charge is 2.29. The van der Waals surface area contributed by atoms with E-state index in [1.807, 2.05) is 0 Å². The molecule has 0 spiro atoms. The summed E-state index contributed by atoms with van der Waals surface area (Å²) in [7, 11) is -3.70. The van der Waals surface area contributed by atoms with Gasteiger partial charge >= 0.3 is 0 Å². The molecule has 1 aliphatic carbocycles. The first-order chi connectivity index (χ1) is 6.96. The summed E-state index contributed by atoms with van der Waals surface area (Å²) < 4.78 is 25.5. The van der Waals surface area contributed by atoms with Crippen LogP contribution in [0.2, 0.25) is 0 Å². The van der Waals surface area contributed by atoms with Crippen molar-refractivity contribution in [2.45, 2.75) is 25.8 Å². The molecule has 1 aliphatic rings. The molecule has 3 N–H and O–H groups in total. The molecule has 15 heavy (non-hydrogen) atoms. The van der Waals surface area contributed by atoms with Crippen LogP contribution in [0.15, 0.2) is 12.4 Å². The highest BCUT2D eigenvalue weighted by molar-refractivity contribution is 7.90. The van der Waals surface area contributed by atoms with Gasteiger partial charge in [0.25, 0.3) is 10.2 Å². The van der Waals surface area contributed by atoms with Crippen molar-refractivity contribution in [3.63, 3.8) is 0 Å². The third-order valence-electron chi connectivity index (χ3n) is 2.58. The molecule has 0 saturated heterocycles. The van der Waals surface area contributed by atoms with Crippen molar-refractivity contribution in [1.29, 1.82) is 0 Å². The maximum Gasteiger partial charge on any atom is 0.296 e. The largest absolute Gasteiger partial charge is 0.296 e. The van der Waals surface area contributed by atoms with Crippen LogP contribution in [0.3, 0.4) is 0 Å². The van der Waals surface area contributed by atoms with Crippen molar-refractivity contribution in [2.75, 3.05) is 4.72 Å². The molecule has 1 atom stereocenters. The third-order valence-corrected chi connectivity index (χ3v) is 3.10. The highest BCUT2D eigenvalue weighted by atomic mass is 32.2. The molecule has 1 saturated carbocycles. The first-order valence-electron chi connectivity index (χ1n) is 4.80. The number of anilines is 1. The van der Waals surface area contributed by atoms with E-state index in [-0.39, 0.29) is 0 Å². The van der Waals surface area contributed by atoms with Crippen LogP contribution in [0.5, 0.6) is 0 Å². The lowest BCUT2D eigenvalue weighted by atomic mass is 10.2. The Bertz CT molecular complexity index is 449. The first kappa shape index (κ1) is 10.4. The molecule has 6 nitrogen and oxygen atoms in total. The van der Waals surface area contributed by atoms with Gasteiger partial charge in [0.2, 0.25) is 0 Å². The summed E-state index contributed by atoms with van der Waals surface area (Å²) in [6, 6.07) is 0.320. The first-order valence-corrected chi connectivity index (χ1v) is 6.35. The lowest BCUT2D eigenvalue weighted by Crippen LogP contribution is -2.21. The minimum Gasteiger partial charge on any atom is -0.268 e. The van der Waals surface area contributed by atoms with Crippen LogP contribution in [0.25, 0.3) is 0 Å². The highest BCUT2D eigenvalue weighted by Crippen LogP contribution is 2.39. The molecule has 0 amide bonds. The number of nitrogens with two attached hydrogens (primary N) is 1. The van der Waals surface area contributed by atoms with Crippen LogP contribution in [0, 0.1) is 5.92 Å². The minimum atomic E-state index is -3.70. The number of hydrogen-bond acceptors (Lipinski definition) is 3. The van der Waals surface area contributed by atoms with Gasteiger partial charge in [0.1, 0.15) is 0 Å². The number of hydrogen-bond donors (Lipinski definition) is 2. The zero-order valence-corrected chi connectivity index (χ0v) is 9.24. The molecule has 0 radical (unpaired) electrons. The smallest absolute Gasteiger partial charge is 0.268 e. The molecule has 7 heteroatoms. The number of nitrogens with zero attached hydrogens (tertiary/aromatic N) is 2. The molecule has 1 heterocycles. The summed E-state index contributed by atoms with van der Waals surface area (Å²) in [5.41, 5.74) is 0.407. The fourth-order valence-corrected chi connectivity index (χ4v) is 2.01. The fraction of sp³-hybridized carbons (Fsp3) is 0.625. The minimum absolute atomic E-state index is 0.320. The van der Waals surface area contributed by atoms with Gasteiger partial charge in [-0.2, -0.15) is 13.5 Å². The molecule has 2 rings (SSSR count). The Balaban J connectivity index is 2.09. The lowest BCUT2D eigenvalue weighted by molar-refractivity contribution is 0.440. The van der Waals surface area contributed by atoms with Crippen molar-refractivity contribution in [2.24, 2.45) is 11.1 Å². The quantitative estimate of drug-likeness (QED) is 0.787. The summed E-state index contributed by atoms with van der Waals surface area (Å²) in [6.07, 6.45) is 5.56. The average Bonchev–Trinajstić information content (AvgIpc) is 2.85. The molecule has 0 bridgehead atoms. The van der Waals surface area contributed by atoms with Crippen LogP contribution < -0.4 is 9.86 Å². The van der Waals surface area contributed by atoms with Crippen LogP contribution in [-0.4, -0.2) is 18.2 Å². The van der Waals surface area contributed by atoms with Gasteiger partial charge in [-0.25, -0.2) is 5.14 Å². The van der Waals surface area contributed by atoms with Crippen LogP contribution in [0.1, 0.15) is 25.8 Å². The second-order valence-corrected chi connectivity index (χ2v) is 5.23. The molecule has 0 aliphatic heterocycles. The monoisotopic (exact) mass is 230 g/mol. The van der Waals surface area contributed by atoms with Crippen LogP contribution in [-0.2, 0) is 10.2 Å². The predicted molar refractivity (Wildman–Crippen MR) is 56.4 cm³/mol. The third kappa shape index (κ3) is 2.69. The van der Waals surface area contributed by atoms with Gasteiger partial charge < -0.3 is 0 Å². The summed E-state index contributed by atoms with van der Waals surface area (Å²) in [5, 5.41) is 8.94. The van der Waals surface area contributed by atoms with Crippen molar-refractivity contribution in [1.82, 2.24) is 9.78 Å². The number of nitrogens with one attached hydrogen (secondary N) is 1. The summed E-state index contributed by atoms with van der Waals surface area (Å²) in [6.45, 7) is 2.07. The zero-order valence-electron chi connectivity index (χ0n) is 8.42. The number of aromatic nitrogens is 2. The Hall–Kier alpha value is -1.08. The molecule has 1 unspecified atom stereocenters. The van der Waals surface area contributed by atoms with Crippen LogP contribution >= 0.6 is 0 Å². The van der Waals surface area contributed by atoms with E-state index in [4.69, 9.17) is 5.14 Å². The normalized spacial score (nSPS) is 18.8. The van der Waals surface area contributed by atoms with Gasteiger partial charge in [0, 0.05) is 6.20 Å². The Kier molecular flexibility index (Phi) is 2.43. The number of rotatable bonds is 4. The van der Waals surface area contributed by atoms with E-state index >= 15 is 0 Å². The maximum atomic E-state index is 10.8. The molecule has 1 fully saturated rings. The Morgan fingerprint density at radius 2 is 2.33 bits per heavy atom. The molecule has 84 valence electrons. The van der Waals surface area contributed by atoms with Crippen molar-refractivity contribution >= 4 is 15.9 Å². The van der Waals surface area contributed by atoms with Crippen molar-refractivity contribution in [3.05, 3.63) is 12.4 Å². The maximum absolute atomic E-state index is 10.8. The van der Waals surface area contributed by atoms with Crippen LogP contribution in [0.4, 0.5) is 5.69 Å². The van der Waals surface area contributed by atoms with Gasteiger partial charge in [0.15, 0.2) is 0 Å². The van der Waals surface area contributed by atoms with E-state index in [2.05, 4.69) is 16.7 Å². The molecule has 1 aromatic rings. The zero-order chi connectivity index (χ0) is 11.1. The summed E-state index contributed by atoms with van der Waals surface area (Å²) in [4.78, 5) is 0. The van der Waals surface area contributed by atoms with E-state index in [1.165, 1.54) is 19.0 Å². The summed E-state index contributed by atoms with van der Waals surface area (Å²) in [5.74, 6) is 0.673. The van der Waals surface area contributed by atoms with E-state index in [0.29, 0.717) is 17.6 Å². The van der Waals surface area contributed by atoms with Gasteiger partial charge in [-0.15, -0.1) is 0 Å². The van der Waals surface area contributed by atoms with Crippen molar-refractivity contribution < 1.29 is 8.42 Å². The second-order valence-electron chi connectivity index (χ2n) is 3.93. The Morgan fingerprint density at radius 1 is 1.67 bits per heavy atom. The summed E-state index contributed by atoms with van der Waals surface area (Å²) >= 11 is 0.